The molecule has 3 aliphatic heterocycles. The summed E-state index contributed by atoms with van der Waals surface area (Å²) in [5, 5.41) is 13.0. The van der Waals surface area contributed by atoms with Crippen LogP contribution in [0.25, 0.3) is 0 Å². The van der Waals surface area contributed by atoms with Crippen LogP contribution in [0.4, 0.5) is 5.69 Å². The van der Waals surface area contributed by atoms with Gasteiger partial charge in [0, 0.05) is 32.3 Å². The predicted molar refractivity (Wildman–Crippen MR) is 183 cm³/mol. The molecular weight excluding hydrogens is 626 g/mol. The van der Waals surface area contributed by atoms with E-state index in [1.807, 2.05) is 50.2 Å². The number of anilines is 1. The zero-order valence-corrected chi connectivity index (χ0v) is 28.5. The predicted octanol–water partition coefficient (Wildman–Crippen LogP) is 3.57. The van der Waals surface area contributed by atoms with Crippen LogP contribution in [0.2, 0.25) is 0 Å². The standard InChI is InChI=1S/C38H47N3O8/c1-6-8-17-29(43)39-27(23-47-5)33(26-15-10-9-11-16-26)48-37(46)30-28-18-19-38(49-28)31(30)35(44)41(21-22-42)34(38)36(45)40(20-7-2)32-24(3)13-12-14-25(32)4/h6-7,9-16,27-28,30-31,33-34,42H,1-2,8,17-23H2,3-5H3,(H,39,43)/t27-,28-,30+,31+,33-,34-,38+/m1/s1. The quantitative estimate of drug-likeness (QED) is 0.204. The minimum atomic E-state index is -1.29. The molecule has 0 saturated carbocycles. The number of aliphatic hydroxyl groups excluding tert-OH is 1. The van der Waals surface area contributed by atoms with Crippen LogP contribution in [0.15, 0.2) is 73.8 Å². The smallest absolute Gasteiger partial charge is 0.313 e. The highest BCUT2D eigenvalue weighted by molar-refractivity contribution is 6.05. The van der Waals surface area contributed by atoms with Gasteiger partial charge in [-0.05, 0) is 49.8 Å². The van der Waals surface area contributed by atoms with Crippen LogP contribution in [0.5, 0.6) is 0 Å². The number of likely N-dealkylation sites (tertiary alicyclic amines) is 1. The van der Waals surface area contributed by atoms with Crippen molar-refractivity contribution in [2.75, 3.05) is 38.3 Å². The van der Waals surface area contributed by atoms with Crippen molar-refractivity contribution in [2.24, 2.45) is 11.8 Å². The molecule has 0 aromatic heterocycles. The van der Waals surface area contributed by atoms with Gasteiger partial charge in [-0.2, -0.15) is 0 Å². The summed E-state index contributed by atoms with van der Waals surface area (Å²) < 4.78 is 18.3. The van der Waals surface area contributed by atoms with E-state index in [4.69, 9.17) is 14.2 Å². The number of aliphatic hydroxyl groups is 1. The van der Waals surface area contributed by atoms with Crippen LogP contribution in [0, 0.1) is 25.7 Å². The van der Waals surface area contributed by atoms with E-state index in [0.29, 0.717) is 24.8 Å². The second kappa shape index (κ2) is 15.5. The lowest BCUT2D eigenvalue weighted by atomic mass is 9.70. The van der Waals surface area contributed by atoms with Crippen molar-refractivity contribution in [3.8, 4) is 0 Å². The van der Waals surface area contributed by atoms with Crippen molar-refractivity contribution in [1.29, 1.82) is 0 Å². The Bertz CT molecular complexity index is 1540. The van der Waals surface area contributed by atoms with Crippen LogP contribution in [0.3, 0.4) is 0 Å². The highest BCUT2D eigenvalue weighted by atomic mass is 16.6. The number of aryl methyl sites for hydroxylation is 2. The molecule has 2 bridgehead atoms. The Morgan fingerprint density at radius 2 is 1.84 bits per heavy atom. The number of hydrogen-bond acceptors (Lipinski definition) is 8. The van der Waals surface area contributed by atoms with E-state index < -0.39 is 53.6 Å². The fourth-order valence-electron chi connectivity index (χ4n) is 7.97. The first-order valence-electron chi connectivity index (χ1n) is 16.9. The fourth-order valence-corrected chi connectivity index (χ4v) is 7.97. The summed E-state index contributed by atoms with van der Waals surface area (Å²) in [6, 6.07) is 13.0. The fraction of sp³-hybridized carbons (Fsp3) is 0.474. The maximum atomic E-state index is 14.7. The Labute approximate surface area is 287 Å². The van der Waals surface area contributed by atoms with Gasteiger partial charge in [-0.25, -0.2) is 0 Å². The number of β-amino-alcohol motifs (C(OH)–C–C–N with tert-alkyl or cyclic N) is 1. The average molecular weight is 674 g/mol. The molecule has 0 radical (unpaired) electrons. The number of nitrogens with one attached hydrogen (secondary N) is 1. The third-order valence-electron chi connectivity index (χ3n) is 9.94. The second-order valence-corrected chi connectivity index (χ2v) is 13.0. The molecule has 3 aliphatic rings. The monoisotopic (exact) mass is 673 g/mol. The number of rotatable bonds is 16. The summed E-state index contributed by atoms with van der Waals surface area (Å²) in [5.41, 5.74) is 1.84. The minimum Gasteiger partial charge on any atom is -0.455 e. The molecule has 3 saturated heterocycles. The zero-order valence-electron chi connectivity index (χ0n) is 28.5. The third-order valence-corrected chi connectivity index (χ3v) is 9.94. The molecule has 0 unspecified atom stereocenters. The average Bonchev–Trinajstić information content (AvgIpc) is 3.73. The third kappa shape index (κ3) is 6.79. The first kappa shape index (κ1) is 36.0. The van der Waals surface area contributed by atoms with Gasteiger partial charge in [-0.3, -0.25) is 19.2 Å². The molecule has 5 rings (SSSR count). The minimum absolute atomic E-state index is 0.0574. The molecule has 3 heterocycles. The van der Waals surface area contributed by atoms with Crippen molar-refractivity contribution >= 4 is 29.4 Å². The Hall–Kier alpha value is -4.32. The molecule has 2 aromatic rings. The SMILES string of the molecule is C=CCCC(=O)N[C@H](COC)[C@H](OC(=O)[C@@H]1[C@H]2C(=O)N(CCO)[C@H](C(=O)N(CC=C)c3c(C)cccc3C)[C@]23CC[C@H]1O3)c1ccccc1. The van der Waals surface area contributed by atoms with Crippen LogP contribution in [-0.2, 0) is 33.4 Å². The first-order valence-corrected chi connectivity index (χ1v) is 16.9. The van der Waals surface area contributed by atoms with E-state index in [2.05, 4.69) is 18.5 Å². The molecule has 49 heavy (non-hydrogen) atoms. The number of nitrogens with zero attached hydrogens (tertiary/aromatic N) is 2. The highest BCUT2D eigenvalue weighted by Crippen LogP contribution is 2.59. The molecule has 262 valence electrons. The topological polar surface area (TPSA) is 135 Å². The van der Waals surface area contributed by atoms with Gasteiger partial charge in [-0.1, -0.05) is 60.7 Å². The van der Waals surface area contributed by atoms with Crippen LogP contribution < -0.4 is 10.2 Å². The van der Waals surface area contributed by atoms with Crippen molar-refractivity contribution in [2.45, 2.75) is 69.4 Å². The molecular formula is C38H47N3O8. The number of allylic oxidation sites excluding steroid dienone is 1. The summed E-state index contributed by atoms with van der Waals surface area (Å²) in [5.74, 6) is -3.70. The molecule has 11 heteroatoms. The van der Waals surface area contributed by atoms with Gasteiger partial charge < -0.3 is 34.4 Å². The molecule has 1 spiro atoms. The van der Waals surface area contributed by atoms with Crippen LogP contribution >= 0.6 is 0 Å². The van der Waals surface area contributed by atoms with E-state index in [-0.39, 0.29) is 44.5 Å². The van der Waals surface area contributed by atoms with Gasteiger partial charge in [0.1, 0.15) is 17.7 Å². The van der Waals surface area contributed by atoms with Gasteiger partial charge in [-0.15, -0.1) is 13.2 Å². The van der Waals surface area contributed by atoms with Crippen molar-refractivity contribution in [1.82, 2.24) is 10.2 Å². The normalized spacial score (nSPS) is 25.0. The largest absolute Gasteiger partial charge is 0.455 e. The van der Waals surface area contributed by atoms with Gasteiger partial charge in [0.25, 0.3) is 5.91 Å². The van der Waals surface area contributed by atoms with Crippen molar-refractivity contribution in [3.05, 3.63) is 90.5 Å². The van der Waals surface area contributed by atoms with E-state index in [0.717, 1.165) is 16.8 Å². The Morgan fingerprint density at radius 1 is 1.12 bits per heavy atom. The number of fused-ring (bicyclic) bond motifs is 1. The molecule has 3 amide bonds. The lowest BCUT2D eigenvalue weighted by molar-refractivity contribution is -0.163. The summed E-state index contributed by atoms with van der Waals surface area (Å²) in [7, 11) is 1.50. The first-order chi connectivity index (χ1) is 23.6. The molecule has 11 nitrogen and oxygen atoms in total. The molecule has 2 aromatic carbocycles. The Balaban J connectivity index is 1.49. The number of esters is 1. The Kier molecular flexibility index (Phi) is 11.4. The summed E-state index contributed by atoms with van der Waals surface area (Å²) in [6.45, 7) is 11.2. The Morgan fingerprint density at radius 3 is 2.47 bits per heavy atom. The van der Waals surface area contributed by atoms with Gasteiger partial charge in [0.05, 0.1) is 37.2 Å². The van der Waals surface area contributed by atoms with Gasteiger partial charge in [0.2, 0.25) is 11.8 Å². The molecule has 3 fully saturated rings. The number of amides is 3. The van der Waals surface area contributed by atoms with E-state index in [1.54, 1.807) is 29.2 Å². The second-order valence-electron chi connectivity index (χ2n) is 13.0. The maximum absolute atomic E-state index is 14.7. The summed E-state index contributed by atoms with van der Waals surface area (Å²) >= 11 is 0. The van der Waals surface area contributed by atoms with Gasteiger partial charge >= 0.3 is 5.97 Å². The lowest BCUT2D eigenvalue weighted by Gasteiger charge is -2.37. The molecule has 2 N–H and O–H groups in total. The van der Waals surface area contributed by atoms with E-state index >= 15 is 0 Å². The van der Waals surface area contributed by atoms with Crippen LogP contribution in [-0.4, -0.2) is 90.9 Å². The van der Waals surface area contributed by atoms with Crippen molar-refractivity contribution < 1.29 is 38.5 Å². The lowest BCUT2D eigenvalue weighted by Crippen LogP contribution is -2.57. The maximum Gasteiger partial charge on any atom is 0.313 e. The number of carbonyl (C=O) groups excluding carboxylic acids is 4. The number of ether oxygens (including phenoxy) is 3. The van der Waals surface area contributed by atoms with E-state index in [1.165, 1.54) is 12.0 Å². The summed E-state index contributed by atoms with van der Waals surface area (Å²) in [4.78, 5) is 59.2. The number of hydrogen-bond donors (Lipinski definition) is 2. The van der Waals surface area contributed by atoms with Crippen molar-refractivity contribution in [3.63, 3.8) is 0 Å². The number of carbonyl (C=O) groups is 4. The highest BCUT2D eigenvalue weighted by Gasteiger charge is 2.75. The van der Waals surface area contributed by atoms with Crippen LogP contribution in [0.1, 0.15) is 48.5 Å². The van der Waals surface area contributed by atoms with Gasteiger partial charge in [0.15, 0.2) is 0 Å². The molecule has 7 atom stereocenters. The number of para-hydroxylation sites is 1. The summed E-state index contributed by atoms with van der Waals surface area (Å²) in [6.07, 6.45) is 3.21. The number of benzene rings is 2. The van der Waals surface area contributed by atoms with E-state index in [9.17, 15) is 24.3 Å². The zero-order chi connectivity index (χ0) is 35.3. The molecule has 0 aliphatic carbocycles. The number of methoxy groups -OCH3 is 1.